The topological polar surface area (TPSA) is 87.4 Å². The minimum Gasteiger partial charge on any atom is -0.457 e. The van der Waals surface area contributed by atoms with Crippen molar-refractivity contribution in [2.75, 3.05) is 5.32 Å². The summed E-state index contributed by atoms with van der Waals surface area (Å²) >= 11 is 6.11. The summed E-state index contributed by atoms with van der Waals surface area (Å²) in [7, 11) is 0. The highest BCUT2D eigenvalue weighted by Gasteiger charge is 2.24. The Bertz CT molecular complexity index is 885. The molecule has 24 heavy (non-hydrogen) atoms. The number of nitriles is 1. The summed E-state index contributed by atoms with van der Waals surface area (Å²) in [5, 5.41) is 12.3. The molecule has 0 aliphatic carbocycles. The van der Waals surface area contributed by atoms with Crippen molar-refractivity contribution in [3.63, 3.8) is 0 Å². The first-order valence-corrected chi connectivity index (χ1v) is 7.38. The smallest absolute Gasteiger partial charge is 0.351 e. The van der Waals surface area contributed by atoms with E-state index < -0.39 is 5.97 Å². The molecule has 0 amide bonds. The number of hydrogen-bond donors (Lipinski definition) is 1. The van der Waals surface area contributed by atoms with E-state index in [1.807, 2.05) is 18.2 Å². The van der Waals surface area contributed by atoms with Crippen LogP contribution in [0, 0.1) is 11.3 Å². The van der Waals surface area contributed by atoms with Gasteiger partial charge in [-0.15, -0.1) is 0 Å². The predicted octanol–water partition coefficient (Wildman–Crippen LogP) is 3.30. The number of carbonyl (C=O) groups excluding carboxylic acids is 1. The number of fused-ring (bicyclic) bond motifs is 1. The fourth-order valence-electron chi connectivity index (χ4n) is 2.10. The lowest BCUT2D eigenvalue weighted by Crippen LogP contribution is -2.18. The van der Waals surface area contributed by atoms with Crippen molar-refractivity contribution in [3.05, 3.63) is 65.6 Å². The van der Waals surface area contributed by atoms with E-state index in [4.69, 9.17) is 16.3 Å². The van der Waals surface area contributed by atoms with E-state index in [2.05, 4.69) is 15.3 Å². The summed E-state index contributed by atoms with van der Waals surface area (Å²) in [5.41, 5.74) is 1.91. The van der Waals surface area contributed by atoms with Crippen LogP contribution < -0.4 is 5.32 Å². The van der Waals surface area contributed by atoms with Crippen LogP contribution in [0.4, 0.5) is 11.4 Å². The monoisotopic (exact) mass is 338 g/mol. The Morgan fingerprint density at radius 2 is 2.12 bits per heavy atom. The lowest BCUT2D eigenvalue weighted by atomic mass is 10.1. The van der Waals surface area contributed by atoms with Gasteiger partial charge < -0.3 is 10.1 Å². The Kier molecular flexibility index (Phi) is 4.54. The van der Waals surface area contributed by atoms with Gasteiger partial charge in [0, 0.05) is 18.0 Å². The number of allylic oxidation sites excluding steroid dienone is 1. The normalized spacial score (nSPS) is 14.6. The zero-order valence-corrected chi connectivity index (χ0v) is 13.1. The summed E-state index contributed by atoms with van der Waals surface area (Å²) in [6, 6.07) is 12.5. The Morgan fingerprint density at radius 1 is 1.29 bits per heavy atom. The van der Waals surface area contributed by atoms with Gasteiger partial charge in [0.2, 0.25) is 0 Å². The fourth-order valence-corrected chi connectivity index (χ4v) is 2.33. The van der Waals surface area contributed by atoms with Crippen molar-refractivity contribution in [3.8, 4) is 6.07 Å². The number of carbonyl (C=O) groups is 1. The van der Waals surface area contributed by atoms with Gasteiger partial charge in [-0.2, -0.15) is 5.26 Å². The van der Waals surface area contributed by atoms with E-state index in [0.29, 0.717) is 11.4 Å². The van der Waals surface area contributed by atoms with Crippen LogP contribution in [-0.4, -0.2) is 16.1 Å². The van der Waals surface area contributed by atoms with Crippen molar-refractivity contribution in [1.29, 1.82) is 5.26 Å². The third-order valence-electron chi connectivity index (χ3n) is 3.25. The summed E-state index contributed by atoms with van der Waals surface area (Å²) in [4.78, 5) is 20.4. The Balaban J connectivity index is 1.84. The van der Waals surface area contributed by atoms with Gasteiger partial charge in [-0.25, -0.2) is 9.79 Å². The molecular weight excluding hydrogens is 328 g/mol. The maximum atomic E-state index is 12.2. The molecule has 0 spiro atoms. The minimum absolute atomic E-state index is 0.0104. The second kappa shape index (κ2) is 6.94. The first-order chi connectivity index (χ1) is 11.7. The average Bonchev–Trinajstić information content (AvgIpc) is 2.62. The third kappa shape index (κ3) is 3.26. The molecule has 0 unspecified atom stereocenters. The van der Waals surface area contributed by atoms with E-state index in [-0.39, 0.29) is 23.0 Å². The lowest BCUT2D eigenvalue weighted by Gasteiger charge is -2.18. The summed E-state index contributed by atoms with van der Waals surface area (Å²) in [5.74, 6) is -0.781. The second-order valence-corrected chi connectivity index (χ2v) is 5.20. The number of para-hydroxylation sites is 2. The minimum atomic E-state index is -0.781. The number of halogens is 1. The van der Waals surface area contributed by atoms with Crippen LogP contribution >= 0.6 is 11.6 Å². The first-order valence-electron chi connectivity index (χ1n) is 7.00. The van der Waals surface area contributed by atoms with Gasteiger partial charge in [-0.05, 0) is 18.2 Å². The number of aliphatic imine (C=N–C) groups is 1. The summed E-state index contributed by atoms with van der Waals surface area (Å²) in [6.45, 7) is 0.0104. The molecule has 1 aromatic heterocycles. The zero-order valence-electron chi connectivity index (χ0n) is 12.4. The maximum Gasteiger partial charge on any atom is 0.351 e. The standard InChI is InChI=1S/C17H11ClN4O2/c18-16-15(21-13-5-1-2-6-14(13)22-16)12(8-19)17(23)24-10-11-4-3-7-20-9-11/h1-7,9,21H,10H2/b15-12+. The number of hydrogen-bond acceptors (Lipinski definition) is 6. The largest absolute Gasteiger partial charge is 0.457 e. The van der Waals surface area contributed by atoms with Crippen molar-refractivity contribution < 1.29 is 9.53 Å². The molecule has 0 fully saturated rings. The predicted molar refractivity (Wildman–Crippen MR) is 89.7 cm³/mol. The molecule has 3 rings (SSSR count). The van der Waals surface area contributed by atoms with Gasteiger partial charge in [0.25, 0.3) is 0 Å². The van der Waals surface area contributed by atoms with Gasteiger partial charge in [0.15, 0.2) is 10.7 Å². The molecule has 1 N–H and O–H groups in total. The number of anilines is 1. The molecular formula is C17H11ClN4O2. The van der Waals surface area contributed by atoms with Gasteiger partial charge >= 0.3 is 5.97 Å². The molecule has 0 saturated heterocycles. The van der Waals surface area contributed by atoms with Crippen LogP contribution in [0.3, 0.4) is 0 Å². The van der Waals surface area contributed by atoms with Crippen LogP contribution in [0.1, 0.15) is 5.56 Å². The number of rotatable bonds is 3. The van der Waals surface area contributed by atoms with Crippen molar-refractivity contribution in [2.24, 2.45) is 4.99 Å². The molecule has 6 nitrogen and oxygen atoms in total. The van der Waals surface area contributed by atoms with Gasteiger partial charge in [0.1, 0.15) is 18.4 Å². The van der Waals surface area contributed by atoms with Gasteiger partial charge in [-0.3, -0.25) is 4.98 Å². The van der Waals surface area contributed by atoms with Crippen molar-refractivity contribution in [2.45, 2.75) is 6.61 Å². The highest BCUT2D eigenvalue weighted by Crippen LogP contribution is 2.32. The summed E-state index contributed by atoms with van der Waals surface area (Å²) < 4.78 is 5.16. The first kappa shape index (κ1) is 15.7. The maximum absolute atomic E-state index is 12.2. The summed E-state index contributed by atoms with van der Waals surface area (Å²) in [6.07, 6.45) is 3.20. The van der Waals surface area contributed by atoms with Crippen LogP contribution in [0.5, 0.6) is 0 Å². The Morgan fingerprint density at radius 3 is 2.88 bits per heavy atom. The van der Waals surface area contributed by atoms with Crippen LogP contribution in [0.25, 0.3) is 0 Å². The molecule has 2 heterocycles. The van der Waals surface area contributed by atoms with Gasteiger partial charge in [0.05, 0.1) is 11.4 Å². The number of pyridine rings is 1. The van der Waals surface area contributed by atoms with E-state index >= 15 is 0 Å². The van der Waals surface area contributed by atoms with Crippen LogP contribution in [0.15, 0.2) is 65.1 Å². The number of esters is 1. The van der Waals surface area contributed by atoms with Gasteiger partial charge in [-0.1, -0.05) is 29.8 Å². The fraction of sp³-hybridized carbons (Fsp3) is 0.0588. The number of nitrogens with one attached hydrogen (secondary N) is 1. The molecule has 1 aromatic carbocycles. The van der Waals surface area contributed by atoms with Crippen LogP contribution in [-0.2, 0) is 16.1 Å². The highest BCUT2D eigenvalue weighted by molar-refractivity contribution is 6.70. The molecule has 2 aromatic rings. The van der Waals surface area contributed by atoms with Crippen molar-refractivity contribution >= 4 is 34.1 Å². The molecule has 0 atom stereocenters. The molecule has 1 aliphatic heterocycles. The van der Waals surface area contributed by atoms with E-state index in [1.165, 1.54) is 0 Å². The molecule has 7 heteroatoms. The molecule has 0 radical (unpaired) electrons. The molecule has 0 bridgehead atoms. The average molecular weight is 339 g/mol. The second-order valence-electron chi connectivity index (χ2n) is 4.84. The third-order valence-corrected chi connectivity index (χ3v) is 3.52. The molecule has 1 aliphatic rings. The van der Waals surface area contributed by atoms with Crippen LogP contribution in [0.2, 0.25) is 0 Å². The Hall–Kier alpha value is -3.17. The van der Waals surface area contributed by atoms with E-state index in [9.17, 15) is 10.1 Å². The number of aromatic nitrogens is 1. The Labute approximate surface area is 143 Å². The van der Waals surface area contributed by atoms with E-state index in [1.54, 1.807) is 36.7 Å². The molecule has 118 valence electrons. The van der Waals surface area contributed by atoms with E-state index in [0.717, 1.165) is 5.56 Å². The SMILES string of the molecule is N#C/C(C(=O)OCc1cccnc1)=C1\Nc2ccccc2N=C1Cl. The number of nitrogens with zero attached hydrogens (tertiary/aromatic N) is 3. The van der Waals surface area contributed by atoms with Crippen molar-refractivity contribution in [1.82, 2.24) is 4.98 Å². The number of ether oxygens (including phenoxy) is 1. The zero-order chi connectivity index (χ0) is 16.9. The quantitative estimate of drug-likeness (QED) is 0.527. The lowest BCUT2D eigenvalue weighted by molar-refractivity contribution is -0.139. The highest BCUT2D eigenvalue weighted by atomic mass is 35.5. The molecule has 0 saturated carbocycles. The number of benzene rings is 1.